The number of amides is 1. The molecule has 3 aromatic heterocycles. The van der Waals surface area contributed by atoms with Crippen molar-refractivity contribution in [3.8, 4) is 22.2 Å². The van der Waals surface area contributed by atoms with Gasteiger partial charge in [0, 0.05) is 29.2 Å². The van der Waals surface area contributed by atoms with Crippen molar-refractivity contribution in [3.63, 3.8) is 0 Å². The number of fused-ring (bicyclic) bond motifs is 2. The normalized spacial score (nSPS) is 12.3. The fourth-order valence-electron chi connectivity index (χ4n) is 4.29. The van der Waals surface area contributed by atoms with Crippen LogP contribution in [0.3, 0.4) is 0 Å². The molecule has 5 rings (SSSR count). The average Bonchev–Trinajstić information content (AvgIpc) is 3.38. The molecular weight excluding hydrogens is 542 g/mol. The van der Waals surface area contributed by atoms with Crippen LogP contribution in [-0.4, -0.2) is 51.5 Å². The number of pyridine rings is 1. The number of thiazole rings is 1. The van der Waals surface area contributed by atoms with Gasteiger partial charge in [-0.3, -0.25) is 10.3 Å². The van der Waals surface area contributed by atoms with E-state index in [1.54, 1.807) is 43.9 Å². The minimum Gasteiger partial charge on any atom is -0.490 e. The fraction of sp³-hybridized carbons (Fsp3) is 0.300. The Balaban J connectivity index is 1.43. The Morgan fingerprint density at radius 3 is 2.59 bits per heavy atom. The first-order valence-electron chi connectivity index (χ1n) is 13.0. The van der Waals surface area contributed by atoms with Gasteiger partial charge in [0.2, 0.25) is 5.88 Å². The van der Waals surface area contributed by atoms with E-state index >= 15 is 0 Å². The molecule has 212 valence electrons. The summed E-state index contributed by atoms with van der Waals surface area (Å²) in [5, 5.41) is 14.7. The SMILES string of the molecule is COc1cnc2c(-c3nc4c(C(O)C(C)(C)C)cc(OCCOC(=O)Nc5ccncc5)cc4s3)cc(C)cc2n1. The summed E-state index contributed by atoms with van der Waals surface area (Å²) >= 11 is 1.48. The third kappa shape index (κ3) is 6.36. The van der Waals surface area contributed by atoms with E-state index in [0.717, 1.165) is 20.8 Å². The van der Waals surface area contributed by atoms with Gasteiger partial charge in [0.25, 0.3) is 0 Å². The van der Waals surface area contributed by atoms with Crippen molar-refractivity contribution >= 4 is 44.4 Å². The molecule has 11 heteroatoms. The van der Waals surface area contributed by atoms with Crippen molar-refractivity contribution in [2.45, 2.75) is 33.8 Å². The fourth-order valence-corrected chi connectivity index (χ4v) is 5.34. The molecule has 0 saturated heterocycles. The highest BCUT2D eigenvalue weighted by Gasteiger charge is 2.28. The summed E-state index contributed by atoms with van der Waals surface area (Å²) in [7, 11) is 1.56. The first kappa shape index (κ1) is 28.2. The number of carbonyl (C=O) groups is 1. The maximum atomic E-state index is 12.1. The molecule has 0 fully saturated rings. The lowest BCUT2D eigenvalue weighted by molar-refractivity contribution is 0.0635. The number of rotatable bonds is 8. The van der Waals surface area contributed by atoms with Crippen LogP contribution in [0.15, 0.2) is 55.0 Å². The van der Waals surface area contributed by atoms with Crippen LogP contribution >= 0.6 is 11.3 Å². The van der Waals surface area contributed by atoms with E-state index in [1.165, 1.54) is 11.3 Å². The quantitative estimate of drug-likeness (QED) is 0.205. The molecule has 0 bridgehead atoms. The molecule has 0 aliphatic carbocycles. The summed E-state index contributed by atoms with van der Waals surface area (Å²) in [6, 6.07) is 11.0. The van der Waals surface area contributed by atoms with Gasteiger partial charge in [-0.25, -0.2) is 19.7 Å². The smallest absolute Gasteiger partial charge is 0.411 e. The lowest BCUT2D eigenvalue weighted by atomic mass is 9.84. The molecule has 5 aromatic rings. The summed E-state index contributed by atoms with van der Waals surface area (Å²) in [6.45, 7) is 8.07. The van der Waals surface area contributed by atoms with E-state index in [1.807, 2.05) is 45.9 Å². The molecule has 1 amide bonds. The predicted molar refractivity (Wildman–Crippen MR) is 159 cm³/mol. The molecule has 2 N–H and O–H groups in total. The van der Waals surface area contributed by atoms with Gasteiger partial charge in [-0.1, -0.05) is 20.8 Å². The molecule has 2 aromatic carbocycles. The maximum Gasteiger partial charge on any atom is 0.411 e. The molecule has 0 radical (unpaired) electrons. The number of anilines is 1. The number of aryl methyl sites for hydroxylation is 1. The number of aliphatic hydroxyl groups is 1. The second-order valence-electron chi connectivity index (χ2n) is 10.6. The minimum absolute atomic E-state index is 0.0392. The molecule has 0 aliphatic heterocycles. The van der Waals surface area contributed by atoms with Crippen molar-refractivity contribution < 1.29 is 24.1 Å². The van der Waals surface area contributed by atoms with E-state index in [4.69, 9.17) is 19.2 Å². The minimum atomic E-state index is -0.802. The molecule has 41 heavy (non-hydrogen) atoms. The van der Waals surface area contributed by atoms with Gasteiger partial charge in [0.05, 0.1) is 40.7 Å². The number of nitrogens with zero attached hydrogens (tertiary/aromatic N) is 4. The molecule has 1 atom stereocenters. The van der Waals surface area contributed by atoms with Crippen LogP contribution in [0.2, 0.25) is 0 Å². The first-order chi connectivity index (χ1) is 19.6. The van der Waals surface area contributed by atoms with Crippen LogP contribution in [0, 0.1) is 12.3 Å². The van der Waals surface area contributed by atoms with E-state index in [2.05, 4.69) is 20.3 Å². The third-order valence-corrected chi connectivity index (χ3v) is 7.37. The Morgan fingerprint density at radius 1 is 1.07 bits per heavy atom. The number of carbonyl (C=O) groups excluding carboxylic acids is 1. The van der Waals surface area contributed by atoms with Crippen molar-refractivity contribution in [1.29, 1.82) is 0 Å². The summed E-state index contributed by atoms with van der Waals surface area (Å²) in [6.07, 6.45) is 3.36. The Morgan fingerprint density at radius 2 is 1.85 bits per heavy atom. The Hall–Kier alpha value is -4.35. The van der Waals surface area contributed by atoms with Crippen molar-refractivity contribution in [2.75, 3.05) is 25.6 Å². The maximum absolute atomic E-state index is 12.1. The van der Waals surface area contributed by atoms with Crippen molar-refractivity contribution in [2.24, 2.45) is 5.41 Å². The summed E-state index contributed by atoms with van der Waals surface area (Å²) in [5.74, 6) is 0.984. The van der Waals surface area contributed by atoms with E-state index < -0.39 is 17.6 Å². The van der Waals surface area contributed by atoms with Crippen LogP contribution in [-0.2, 0) is 4.74 Å². The van der Waals surface area contributed by atoms with E-state index in [0.29, 0.717) is 39.4 Å². The van der Waals surface area contributed by atoms with Gasteiger partial charge >= 0.3 is 6.09 Å². The number of hydrogen-bond acceptors (Lipinski definition) is 10. The van der Waals surface area contributed by atoms with Crippen LogP contribution in [0.1, 0.15) is 38.0 Å². The van der Waals surface area contributed by atoms with E-state index in [-0.39, 0.29) is 13.2 Å². The lowest BCUT2D eigenvalue weighted by Crippen LogP contribution is -2.19. The Bertz CT molecular complexity index is 1700. The zero-order chi connectivity index (χ0) is 29.1. The van der Waals surface area contributed by atoms with Gasteiger partial charge in [0.1, 0.15) is 24.0 Å². The van der Waals surface area contributed by atoms with Gasteiger partial charge in [0.15, 0.2) is 0 Å². The molecule has 0 spiro atoms. The number of hydrogen-bond donors (Lipinski definition) is 2. The lowest BCUT2D eigenvalue weighted by Gasteiger charge is -2.26. The van der Waals surface area contributed by atoms with Crippen molar-refractivity contribution in [1.82, 2.24) is 19.9 Å². The number of benzene rings is 2. The zero-order valence-electron chi connectivity index (χ0n) is 23.5. The highest BCUT2D eigenvalue weighted by molar-refractivity contribution is 7.21. The predicted octanol–water partition coefficient (Wildman–Crippen LogP) is 6.33. The number of aliphatic hydroxyl groups excluding tert-OH is 1. The standard InChI is InChI=1S/C30H31N5O5S/c1-17-12-21(25-22(13-17)34-24(38-5)16-32-25)28-35-26-20(27(36)30(2,3)4)14-19(15-23(26)41-28)39-10-11-40-29(37)33-18-6-8-31-9-7-18/h6-9,12-16,27,36H,10-11H2,1-5H3,(H,31,33,37). The number of methoxy groups -OCH3 is 1. The third-order valence-electron chi connectivity index (χ3n) is 6.33. The summed E-state index contributed by atoms with van der Waals surface area (Å²) in [4.78, 5) is 30.1. The highest BCUT2D eigenvalue weighted by atomic mass is 32.1. The molecule has 3 heterocycles. The molecule has 1 unspecified atom stereocenters. The van der Waals surface area contributed by atoms with Gasteiger partial charge < -0.3 is 19.3 Å². The van der Waals surface area contributed by atoms with Crippen LogP contribution < -0.4 is 14.8 Å². The van der Waals surface area contributed by atoms with Crippen LogP contribution in [0.4, 0.5) is 10.5 Å². The molecule has 10 nitrogen and oxygen atoms in total. The van der Waals surface area contributed by atoms with Crippen LogP contribution in [0.25, 0.3) is 31.8 Å². The molecular formula is C30H31N5O5S. The van der Waals surface area contributed by atoms with Crippen LogP contribution in [0.5, 0.6) is 11.6 Å². The number of aromatic nitrogens is 4. The van der Waals surface area contributed by atoms with Gasteiger partial charge in [-0.15, -0.1) is 11.3 Å². The van der Waals surface area contributed by atoms with Gasteiger partial charge in [-0.05, 0) is 54.3 Å². The highest BCUT2D eigenvalue weighted by Crippen LogP contribution is 2.42. The summed E-state index contributed by atoms with van der Waals surface area (Å²) < 4.78 is 17.3. The summed E-state index contributed by atoms with van der Waals surface area (Å²) in [5.41, 5.74) is 4.80. The number of ether oxygens (including phenoxy) is 3. The Kier molecular flexibility index (Phi) is 8.00. The van der Waals surface area contributed by atoms with Gasteiger partial charge in [-0.2, -0.15) is 0 Å². The Labute approximate surface area is 241 Å². The zero-order valence-corrected chi connectivity index (χ0v) is 24.3. The second kappa shape index (κ2) is 11.6. The van der Waals surface area contributed by atoms with E-state index in [9.17, 15) is 9.90 Å². The first-order valence-corrected chi connectivity index (χ1v) is 13.8. The van der Waals surface area contributed by atoms with Crippen molar-refractivity contribution in [3.05, 3.63) is 66.1 Å². The molecule has 0 saturated carbocycles. The largest absolute Gasteiger partial charge is 0.490 e. The topological polar surface area (TPSA) is 129 Å². The second-order valence-corrected chi connectivity index (χ2v) is 11.6. The monoisotopic (exact) mass is 573 g/mol. The average molecular weight is 574 g/mol. The number of nitrogens with one attached hydrogen (secondary N) is 1. The molecule has 0 aliphatic rings.